The van der Waals surface area contributed by atoms with Gasteiger partial charge in [-0.15, -0.1) is 0 Å². The van der Waals surface area contributed by atoms with Crippen molar-refractivity contribution in [2.45, 2.75) is 72.6 Å². The second-order valence-electron chi connectivity index (χ2n) is 9.34. The van der Waals surface area contributed by atoms with Crippen LogP contribution in [-0.2, 0) is 11.3 Å². The van der Waals surface area contributed by atoms with E-state index in [4.69, 9.17) is 9.72 Å². The number of hydrogen-bond donors (Lipinski definition) is 1. The first-order chi connectivity index (χ1) is 14.5. The standard InChI is InChI=1S/C24H33N5O2/c1-16(2)19-14-25-29-21(13-20(26-17(3)4)27-22(19)29)28(23(30)31-24(5,6)7)15-18-11-9-8-10-12-18/h8-14,16-17H,15H2,1-7H3,(H,26,27). The Morgan fingerprint density at radius 1 is 1.16 bits per heavy atom. The molecule has 1 aromatic carbocycles. The molecule has 0 atom stereocenters. The molecule has 0 radical (unpaired) electrons. The summed E-state index contributed by atoms with van der Waals surface area (Å²) in [6, 6.07) is 11.9. The van der Waals surface area contributed by atoms with Gasteiger partial charge in [0.15, 0.2) is 5.65 Å². The first kappa shape index (κ1) is 22.6. The Morgan fingerprint density at radius 3 is 2.42 bits per heavy atom. The summed E-state index contributed by atoms with van der Waals surface area (Å²) >= 11 is 0. The molecule has 3 aromatic rings. The van der Waals surface area contributed by atoms with Crippen LogP contribution in [0.2, 0.25) is 0 Å². The highest BCUT2D eigenvalue weighted by Crippen LogP contribution is 2.28. The molecule has 0 fully saturated rings. The van der Waals surface area contributed by atoms with Gasteiger partial charge in [0.1, 0.15) is 17.2 Å². The third kappa shape index (κ3) is 5.54. The molecular formula is C24H33N5O2. The number of rotatable bonds is 6. The lowest BCUT2D eigenvalue weighted by Crippen LogP contribution is -2.37. The lowest BCUT2D eigenvalue weighted by Gasteiger charge is -2.28. The second-order valence-corrected chi connectivity index (χ2v) is 9.34. The SMILES string of the molecule is CC(C)Nc1cc(N(Cc2ccccc2)C(=O)OC(C)(C)C)n2ncc(C(C)C)c2n1. The quantitative estimate of drug-likeness (QED) is 0.557. The topological polar surface area (TPSA) is 71.8 Å². The Morgan fingerprint density at radius 2 is 1.84 bits per heavy atom. The van der Waals surface area contributed by atoms with Crippen LogP contribution in [0.5, 0.6) is 0 Å². The van der Waals surface area contributed by atoms with Crippen LogP contribution in [0.1, 0.15) is 65.5 Å². The molecule has 2 heterocycles. The Kier molecular flexibility index (Phi) is 6.53. The first-order valence-corrected chi connectivity index (χ1v) is 10.7. The molecule has 2 aromatic heterocycles. The summed E-state index contributed by atoms with van der Waals surface area (Å²) in [6.07, 6.45) is 1.40. The van der Waals surface area contributed by atoms with Gasteiger partial charge < -0.3 is 10.1 Å². The molecule has 7 nitrogen and oxygen atoms in total. The van der Waals surface area contributed by atoms with Gasteiger partial charge in [-0.1, -0.05) is 44.2 Å². The number of ether oxygens (including phenoxy) is 1. The van der Waals surface area contributed by atoms with E-state index in [2.05, 4.69) is 38.1 Å². The summed E-state index contributed by atoms with van der Waals surface area (Å²) in [5.74, 6) is 1.55. The van der Waals surface area contributed by atoms with Gasteiger partial charge in [0.25, 0.3) is 0 Å². The van der Waals surface area contributed by atoms with E-state index in [0.717, 1.165) is 16.8 Å². The van der Waals surface area contributed by atoms with Crippen molar-refractivity contribution in [3.63, 3.8) is 0 Å². The highest BCUT2D eigenvalue weighted by Gasteiger charge is 2.27. The van der Waals surface area contributed by atoms with Crippen molar-refractivity contribution in [1.29, 1.82) is 0 Å². The number of benzene rings is 1. The van der Waals surface area contributed by atoms with Gasteiger partial charge in [0.05, 0.1) is 12.7 Å². The van der Waals surface area contributed by atoms with E-state index < -0.39 is 11.7 Å². The summed E-state index contributed by atoms with van der Waals surface area (Å²) < 4.78 is 7.49. The minimum atomic E-state index is -0.621. The number of carbonyl (C=O) groups excluding carboxylic acids is 1. The van der Waals surface area contributed by atoms with E-state index >= 15 is 0 Å². The lowest BCUT2D eigenvalue weighted by atomic mass is 10.1. The zero-order valence-corrected chi connectivity index (χ0v) is 19.5. The number of carbonyl (C=O) groups is 1. The maximum atomic E-state index is 13.3. The molecule has 0 saturated carbocycles. The Labute approximate surface area is 184 Å². The molecule has 0 saturated heterocycles. The zero-order chi connectivity index (χ0) is 22.8. The van der Waals surface area contributed by atoms with Gasteiger partial charge in [-0.25, -0.2) is 9.78 Å². The van der Waals surface area contributed by atoms with Crippen molar-refractivity contribution in [1.82, 2.24) is 14.6 Å². The molecule has 0 spiro atoms. The minimum absolute atomic E-state index is 0.192. The fourth-order valence-corrected chi connectivity index (χ4v) is 3.26. The first-order valence-electron chi connectivity index (χ1n) is 10.7. The van der Waals surface area contributed by atoms with Crippen LogP contribution in [0, 0.1) is 0 Å². The van der Waals surface area contributed by atoms with Gasteiger partial charge in [-0.2, -0.15) is 9.61 Å². The van der Waals surface area contributed by atoms with E-state index in [1.54, 1.807) is 9.42 Å². The average Bonchev–Trinajstić information content (AvgIpc) is 3.08. The van der Waals surface area contributed by atoms with Crippen LogP contribution in [-0.4, -0.2) is 32.3 Å². The predicted molar refractivity (Wildman–Crippen MR) is 125 cm³/mol. The van der Waals surface area contributed by atoms with Crippen molar-refractivity contribution >= 4 is 23.4 Å². The van der Waals surface area contributed by atoms with Gasteiger partial charge in [-0.3, -0.25) is 4.90 Å². The molecule has 1 amide bonds. The van der Waals surface area contributed by atoms with Crippen LogP contribution in [0.25, 0.3) is 5.65 Å². The Hall–Kier alpha value is -3.09. The average molecular weight is 424 g/mol. The molecule has 7 heteroatoms. The van der Waals surface area contributed by atoms with Crippen molar-refractivity contribution < 1.29 is 9.53 Å². The van der Waals surface area contributed by atoms with E-state index in [9.17, 15) is 4.79 Å². The van der Waals surface area contributed by atoms with Crippen LogP contribution < -0.4 is 10.2 Å². The molecule has 3 rings (SSSR count). The molecule has 1 N–H and O–H groups in total. The van der Waals surface area contributed by atoms with Crippen molar-refractivity contribution in [3.05, 3.63) is 53.7 Å². The molecule has 0 bridgehead atoms. The zero-order valence-electron chi connectivity index (χ0n) is 19.5. The number of anilines is 2. The Balaban J connectivity index is 2.17. The van der Waals surface area contributed by atoms with Gasteiger partial charge in [-0.05, 0) is 46.1 Å². The van der Waals surface area contributed by atoms with Gasteiger partial charge >= 0.3 is 6.09 Å². The van der Waals surface area contributed by atoms with Crippen molar-refractivity contribution in [3.8, 4) is 0 Å². The molecule has 166 valence electrons. The van der Waals surface area contributed by atoms with E-state index in [0.29, 0.717) is 18.2 Å². The van der Waals surface area contributed by atoms with Crippen molar-refractivity contribution in [2.75, 3.05) is 10.2 Å². The number of aromatic nitrogens is 3. The predicted octanol–water partition coefficient (Wildman–Crippen LogP) is 5.61. The molecule has 0 aliphatic rings. The van der Waals surface area contributed by atoms with Crippen LogP contribution in [0.4, 0.5) is 16.4 Å². The third-order valence-corrected chi connectivity index (χ3v) is 4.61. The van der Waals surface area contributed by atoms with Crippen LogP contribution in [0.15, 0.2) is 42.6 Å². The summed E-state index contributed by atoms with van der Waals surface area (Å²) in [6.45, 7) is 14.3. The van der Waals surface area contributed by atoms with E-state index in [1.165, 1.54) is 0 Å². The van der Waals surface area contributed by atoms with Gasteiger partial charge in [0.2, 0.25) is 0 Å². The van der Waals surface area contributed by atoms with Crippen LogP contribution in [0.3, 0.4) is 0 Å². The number of nitrogens with zero attached hydrogens (tertiary/aromatic N) is 4. The van der Waals surface area contributed by atoms with E-state index in [1.807, 2.05) is 63.4 Å². The van der Waals surface area contributed by atoms with E-state index in [-0.39, 0.29) is 12.0 Å². The molecule has 0 aliphatic carbocycles. The summed E-state index contributed by atoms with van der Waals surface area (Å²) in [5.41, 5.74) is 2.13. The maximum Gasteiger partial charge on any atom is 0.416 e. The summed E-state index contributed by atoms with van der Waals surface area (Å²) in [4.78, 5) is 19.7. The number of hydrogen-bond acceptors (Lipinski definition) is 5. The minimum Gasteiger partial charge on any atom is -0.443 e. The summed E-state index contributed by atoms with van der Waals surface area (Å²) in [7, 11) is 0. The third-order valence-electron chi connectivity index (χ3n) is 4.61. The normalized spacial score (nSPS) is 11.9. The molecule has 31 heavy (non-hydrogen) atoms. The largest absolute Gasteiger partial charge is 0.443 e. The lowest BCUT2D eigenvalue weighted by molar-refractivity contribution is 0.0575. The Bertz CT molecular complexity index is 1040. The molecular weight excluding hydrogens is 390 g/mol. The van der Waals surface area contributed by atoms with Gasteiger partial charge in [0, 0.05) is 17.7 Å². The number of nitrogens with one attached hydrogen (secondary N) is 1. The van der Waals surface area contributed by atoms with Crippen LogP contribution >= 0.6 is 0 Å². The smallest absolute Gasteiger partial charge is 0.416 e. The van der Waals surface area contributed by atoms with Crippen molar-refractivity contribution in [2.24, 2.45) is 0 Å². The fraction of sp³-hybridized carbons (Fsp3) is 0.458. The summed E-state index contributed by atoms with van der Waals surface area (Å²) in [5, 5.41) is 7.95. The highest BCUT2D eigenvalue weighted by atomic mass is 16.6. The maximum absolute atomic E-state index is 13.3. The highest BCUT2D eigenvalue weighted by molar-refractivity contribution is 5.88. The number of fused-ring (bicyclic) bond motifs is 1. The monoisotopic (exact) mass is 423 g/mol. The second kappa shape index (κ2) is 8.96. The molecule has 0 aliphatic heterocycles. The fourth-order valence-electron chi connectivity index (χ4n) is 3.26. The number of amides is 1. The molecule has 0 unspecified atom stereocenters.